The smallest absolute Gasteiger partial charge is 0.223 e. The highest BCUT2D eigenvalue weighted by Gasteiger charge is 2.34. The topological polar surface area (TPSA) is 52.7 Å². The van der Waals surface area contributed by atoms with Crippen molar-refractivity contribution in [2.24, 2.45) is 5.92 Å². The molecule has 0 spiro atoms. The van der Waals surface area contributed by atoms with Crippen LogP contribution >= 0.6 is 0 Å². The Morgan fingerprint density at radius 2 is 1.80 bits per heavy atom. The van der Waals surface area contributed by atoms with Crippen LogP contribution in [0.25, 0.3) is 0 Å². The molecule has 20 heavy (non-hydrogen) atoms. The van der Waals surface area contributed by atoms with E-state index >= 15 is 0 Å². The number of piperidine rings is 2. The zero-order chi connectivity index (χ0) is 14.1. The molecule has 2 amide bonds. The van der Waals surface area contributed by atoms with E-state index in [-0.39, 0.29) is 17.7 Å². The predicted octanol–water partition coefficient (Wildman–Crippen LogP) is 0.598. The van der Waals surface area contributed by atoms with Crippen LogP contribution in [-0.2, 0) is 9.59 Å². The van der Waals surface area contributed by atoms with Crippen LogP contribution in [0.2, 0.25) is 0 Å². The monoisotopic (exact) mass is 279 g/mol. The number of carbonyl (C=O) groups excluding carboxylic acids is 2. The summed E-state index contributed by atoms with van der Waals surface area (Å²) in [6.45, 7) is 2.93. The molecule has 112 valence electrons. The standard InChI is InChI=1S/C15H25N3O2/c1-17-7-4-11(10-14(17)19)15(20)16-12-5-8-18(9-6-12)13-2-3-13/h11-13H,2-10H2,1H3,(H,16,20). The quantitative estimate of drug-likeness (QED) is 0.823. The number of carbonyl (C=O) groups is 2. The van der Waals surface area contributed by atoms with Crippen LogP contribution in [0.15, 0.2) is 0 Å². The summed E-state index contributed by atoms with van der Waals surface area (Å²) < 4.78 is 0. The van der Waals surface area contributed by atoms with Gasteiger partial charge in [0, 0.05) is 51.1 Å². The summed E-state index contributed by atoms with van der Waals surface area (Å²) in [4.78, 5) is 28.2. The average molecular weight is 279 g/mol. The number of hydrogen-bond acceptors (Lipinski definition) is 3. The molecule has 1 unspecified atom stereocenters. The van der Waals surface area contributed by atoms with Gasteiger partial charge in [0.2, 0.25) is 11.8 Å². The lowest BCUT2D eigenvalue weighted by atomic mass is 9.94. The van der Waals surface area contributed by atoms with Crippen molar-refractivity contribution >= 4 is 11.8 Å². The second-order valence-corrected chi connectivity index (χ2v) is 6.56. The molecule has 1 atom stereocenters. The van der Waals surface area contributed by atoms with Gasteiger partial charge in [-0.2, -0.15) is 0 Å². The first-order chi connectivity index (χ1) is 9.63. The maximum Gasteiger partial charge on any atom is 0.223 e. The summed E-state index contributed by atoms with van der Waals surface area (Å²) in [5, 5.41) is 3.17. The number of rotatable bonds is 3. The normalized spacial score (nSPS) is 29.6. The second-order valence-electron chi connectivity index (χ2n) is 6.56. The fourth-order valence-corrected chi connectivity index (χ4v) is 3.33. The maximum absolute atomic E-state index is 12.3. The Bertz CT molecular complexity index is 387. The van der Waals surface area contributed by atoms with Crippen LogP contribution in [0.4, 0.5) is 0 Å². The third-order valence-electron chi connectivity index (χ3n) is 4.97. The molecule has 2 aliphatic heterocycles. The Balaban J connectivity index is 1.43. The fourth-order valence-electron chi connectivity index (χ4n) is 3.33. The Labute approximate surface area is 120 Å². The summed E-state index contributed by atoms with van der Waals surface area (Å²) in [5.74, 6) is 0.0800. The van der Waals surface area contributed by atoms with Crippen LogP contribution in [0.1, 0.15) is 38.5 Å². The molecule has 1 aliphatic carbocycles. The zero-order valence-corrected chi connectivity index (χ0v) is 12.3. The minimum atomic E-state index is -0.111. The van der Waals surface area contributed by atoms with Gasteiger partial charge < -0.3 is 15.1 Å². The molecule has 0 aromatic rings. The van der Waals surface area contributed by atoms with Crippen LogP contribution in [-0.4, -0.2) is 60.4 Å². The molecule has 2 heterocycles. The average Bonchev–Trinajstić information content (AvgIpc) is 3.27. The van der Waals surface area contributed by atoms with Crippen LogP contribution in [0, 0.1) is 5.92 Å². The Kier molecular flexibility index (Phi) is 3.96. The molecule has 0 radical (unpaired) electrons. The van der Waals surface area contributed by atoms with Crippen molar-refractivity contribution < 1.29 is 9.59 Å². The van der Waals surface area contributed by atoms with E-state index in [2.05, 4.69) is 10.2 Å². The number of likely N-dealkylation sites (tertiary alicyclic amines) is 2. The van der Waals surface area contributed by atoms with Crippen molar-refractivity contribution in [3.63, 3.8) is 0 Å². The van der Waals surface area contributed by atoms with Crippen molar-refractivity contribution in [1.29, 1.82) is 0 Å². The number of amides is 2. The van der Waals surface area contributed by atoms with Crippen molar-refractivity contribution in [3.05, 3.63) is 0 Å². The predicted molar refractivity (Wildman–Crippen MR) is 76.1 cm³/mol. The zero-order valence-electron chi connectivity index (χ0n) is 12.3. The first-order valence-corrected chi connectivity index (χ1v) is 7.92. The molecule has 0 bridgehead atoms. The van der Waals surface area contributed by atoms with E-state index in [0.29, 0.717) is 19.0 Å². The SMILES string of the molecule is CN1CCC(C(=O)NC2CCN(C3CC3)CC2)CC1=O. The van der Waals surface area contributed by atoms with E-state index in [1.54, 1.807) is 4.90 Å². The minimum absolute atomic E-state index is 0.0938. The third-order valence-corrected chi connectivity index (χ3v) is 4.97. The first kappa shape index (κ1) is 13.9. The summed E-state index contributed by atoms with van der Waals surface area (Å²) >= 11 is 0. The van der Waals surface area contributed by atoms with Crippen LogP contribution in [0.5, 0.6) is 0 Å². The minimum Gasteiger partial charge on any atom is -0.353 e. The van der Waals surface area contributed by atoms with E-state index in [9.17, 15) is 9.59 Å². The fraction of sp³-hybridized carbons (Fsp3) is 0.867. The lowest BCUT2D eigenvalue weighted by Crippen LogP contribution is -2.49. The highest BCUT2D eigenvalue weighted by molar-refractivity contribution is 5.86. The molecular weight excluding hydrogens is 254 g/mol. The van der Waals surface area contributed by atoms with Crippen molar-refractivity contribution in [2.75, 3.05) is 26.7 Å². The Morgan fingerprint density at radius 3 is 2.40 bits per heavy atom. The highest BCUT2D eigenvalue weighted by Crippen LogP contribution is 2.29. The van der Waals surface area contributed by atoms with Gasteiger partial charge in [-0.05, 0) is 32.1 Å². The molecule has 5 heteroatoms. The van der Waals surface area contributed by atoms with Crippen LogP contribution < -0.4 is 5.32 Å². The molecule has 0 aromatic carbocycles. The van der Waals surface area contributed by atoms with E-state index in [4.69, 9.17) is 0 Å². The lowest BCUT2D eigenvalue weighted by Gasteiger charge is -2.34. The molecule has 2 saturated heterocycles. The molecule has 0 aromatic heterocycles. The van der Waals surface area contributed by atoms with E-state index in [1.165, 1.54) is 12.8 Å². The largest absolute Gasteiger partial charge is 0.353 e. The lowest BCUT2D eigenvalue weighted by molar-refractivity contribution is -0.139. The molecule has 3 fully saturated rings. The second kappa shape index (κ2) is 5.72. The summed E-state index contributed by atoms with van der Waals surface area (Å²) in [6, 6.07) is 1.14. The van der Waals surface area contributed by atoms with E-state index in [1.807, 2.05) is 7.05 Å². The number of nitrogens with one attached hydrogen (secondary N) is 1. The molecule has 1 saturated carbocycles. The van der Waals surface area contributed by atoms with Crippen LogP contribution in [0.3, 0.4) is 0 Å². The Morgan fingerprint density at radius 1 is 1.10 bits per heavy atom. The summed E-state index contributed by atoms with van der Waals surface area (Å²) in [5.41, 5.74) is 0. The number of hydrogen-bond donors (Lipinski definition) is 1. The van der Waals surface area contributed by atoms with Gasteiger partial charge in [0.05, 0.1) is 0 Å². The molecule has 3 rings (SSSR count). The van der Waals surface area contributed by atoms with Crippen molar-refractivity contribution in [2.45, 2.75) is 50.6 Å². The van der Waals surface area contributed by atoms with Gasteiger partial charge in [-0.1, -0.05) is 0 Å². The van der Waals surface area contributed by atoms with Gasteiger partial charge in [-0.15, -0.1) is 0 Å². The van der Waals surface area contributed by atoms with Gasteiger partial charge >= 0.3 is 0 Å². The van der Waals surface area contributed by atoms with Crippen molar-refractivity contribution in [1.82, 2.24) is 15.1 Å². The van der Waals surface area contributed by atoms with E-state index < -0.39 is 0 Å². The van der Waals surface area contributed by atoms with Gasteiger partial charge in [0.15, 0.2) is 0 Å². The van der Waals surface area contributed by atoms with Gasteiger partial charge in [-0.3, -0.25) is 9.59 Å². The van der Waals surface area contributed by atoms with Crippen molar-refractivity contribution in [3.8, 4) is 0 Å². The molecule has 1 N–H and O–H groups in total. The highest BCUT2D eigenvalue weighted by atomic mass is 16.2. The van der Waals surface area contributed by atoms with Gasteiger partial charge in [0.1, 0.15) is 0 Å². The third kappa shape index (κ3) is 3.14. The molecule has 5 nitrogen and oxygen atoms in total. The molecular formula is C15H25N3O2. The Hall–Kier alpha value is -1.10. The van der Waals surface area contributed by atoms with Gasteiger partial charge in [-0.25, -0.2) is 0 Å². The molecule has 3 aliphatic rings. The number of nitrogens with zero attached hydrogens (tertiary/aromatic N) is 2. The summed E-state index contributed by atoms with van der Waals surface area (Å²) in [6.07, 6.45) is 6.01. The van der Waals surface area contributed by atoms with Gasteiger partial charge in [0.25, 0.3) is 0 Å². The first-order valence-electron chi connectivity index (χ1n) is 7.92. The summed E-state index contributed by atoms with van der Waals surface area (Å²) in [7, 11) is 1.81. The maximum atomic E-state index is 12.3. The van der Waals surface area contributed by atoms with E-state index in [0.717, 1.165) is 38.4 Å².